The van der Waals surface area contributed by atoms with Crippen LogP contribution in [0.1, 0.15) is 5.56 Å². The molecule has 0 aliphatic carbocycles. The average molecular weight is 208 g/mol. The van der Waals surface area contributed by atoms with E-state index in [1.165, 1.54) is 0 Å². The zero-order valence-electron chi connectivity index (χ0n) is 8.31. The van der Waals surface area contributed by atoms with Crippen molar-refractivity contribution in [3.05, 3.63) is 29.8 Å². The molecule has 1 rings (SSSR count). The van der Waals surface area contributed by atoms with Gasteiger partial charge in [-0.25, -0.2) is 0 Å². The lowest BCUT2D eigenvalue weighted by Crippen LogP contribution is -2.29. The summed E-state index contributed by atoms with van der Waals surface area (Å²) in [4.78, 5) is 0. The molecule has 0 aliphatic heterocycles. The van der Waals surface area contributed by atoms with Crippen molar-refractivity contribution >= 4 is 32.2 Å². The van der Waals surface area contributed by atoms with Crippen LogP contribution in [0.5, 0.6) is 0 Å². The van der Waals surface area contributed by atoms with Gasteiger partial charge in [-0.3, -0.25) is 0 Å². The molecule has 2 N–H and O–H groups in total. The Hall–Kier alpha value is -0.380. The third-order valence-corrected chi connectivity index (χ3v) is 2.89. The molecule has 0 saturated heterocycles. The van der Waals surface area contributed by atoms with Gasteiger partial charge in [0.25, 0.3) is 0 Å². The van der Waals surface area contributed by atoms with Crippen LogP contribution in [0.4, 0.5) is 0 Å². The second-order valence-electron chi connectivity index (χ2n) is 3.07. The van der Waals surface area contributed by atoms with Crippen molar-refractivity contribution in [1.82, 2.24) is 0 Å². The van der Waals surface area contributed by atoms with E-state index < -0.39 is 7.12 Å². The maximum atomic E-state index is 8.97. The Morgan fingerprint density at radius 3 is 2.79 bits per heavy atom. The Bertz CT molecular complexity index is 281. The molecule has 0 saturated carbocycles. The van der Waals surface area contributed by atoms with Crippen molar-refractivity contribution in [3.63, 3.8) is 0 Å². The molecule has 0 amide bonds. The van der Waals surface area contributed by atoms with E-state index >= 15 is 0 Å². The molecule has 0 atom stereocenters. The molecule has 0 heterocycles. The van der Waals surface area contributed by atoms with E-state index in [1.807, 2.05) is 30.0 Å². The SMILES string of the molecule is BCSCCc1cccc(B(O)O)c1. The molecular weight excluding hydrogens is 194 g/mol. The van der Waals surface area contributed by atoms with E-state index in [0.717, 1.165) is 23.4 Å². The number of hydrogen-bond donors (Lipinski definition) is 2. The number of thioether (sulfide) groups is 1. The Balaban J connectivity index is 2.55. The van der Waals surface area contributed by atoms with Crippen molar-refractivity contribution in [2.45, 2.75) is 6.42 Å². The van der Waals surface area contributed by atoms with Gasteiger partial charge >= 0.3 is 7.12 Å². The molecular formula is C9H14B2O2S. The van der Waals surface area contributed by atoms with Gasteiger partial charge in [0.15, 0.2) is 0 Å². The topological polar surface area (TPSA) is 40.5 Å². The molecule has 14 heavy (non-hydrogen) atoms. The van der Waals surface area contributed by atoms with E-state index in [-0.39, 0.29) is 0 Å². The maximum Gasteiger partial charge on any atom is 0.488 e. The Labute approximate surface area is 90.3 Å². The van der Waals surface area contributed by atoms with Gasteiger partial charge in [0, 0.05) is 0 Å². The summed E-state index contributed by atoms with van der Waals surface area (Å²) in [6.07, 6.45) is 0.985. The third kappa shape index (κ3) is 3.78. The highest BCUT2D eigenvalue weighted by molar-refractivity contribution is 8.00. The standard InChI is InChI=1S/C9H14B2O2S/c10-7-14-5-4-8-2-1-3-9(6-8)11(12)13/h1-3,6,12-13H,4-5,7,10H2. The summed E-state index contributed by atoms with van der Waals surface area (Å²) >= 11 is 1.89. The smallest absolute Gasteiger partial charge is 0.423 e. The van der Waals surface area contributed by atoms with Crippen LogP contribution in [0.2, 0.25) is 0 Å². The lowest BCUT2D eigenvalue weighted by atomic mass is 9.79. The van der Waals surface area contributed by atoms with Gasteiger partial charge in [-0.05, 0) is 28.9 Å². The number of benzene rings is 1. The van der Waals surface area contributed by atoms with Gasteiger partial charge in [-0.15, -0.1) is 0 Å². The summed E-state index contributed by atoms with van der Waals surface area (Å²) in [5.41, 5.74) is 2.86. The number of rotatable bonds is 5. The molecule has 2 nitrogen and oxygen atoms in total. The monoisotopic (exact) mass is 208 g/mol. The molecule has 0 spiro atoms. The fourth-order valence-corrected chi connectivity index (χ4v) is 1.91. The summed E-state index contributed by atoms with van der Waals surface area (Å²) in [7, 11) is 0.784. The molecule has 74 valence electrons. The molecule has 5 heteroatoms. The highest BCUT2D eigenvalue weighted by atomic mass is 32.2. The molecule has 0 aromatic heterocycles. The highest BCUT2D eigenvalue weighted by Crippen LogP contribution is 2.04. The Morgan fingerprint density at radius 2 is 2.14 bits per heavy atom. The van der Waals surface area contributed by atoms with Crippen LogP contribution < -0.4 is 5.46 Å². The molecule has 0 fully saturated rings. The van der Waals surface area contributed by atoms with Crippen molar-refractivity contribution in [1.29, 1.82) is 0 Å². The predicted molar refractivity (Wildman–Crippen MR) is 65.8 cm³/mol. The number of aryl methyl sites for hydroxylation is 1. The van der Waals surface area contributed by atoms with Gasteiger partial charge < -0.3 is 10.0 Å². The minimum Gasteiger partial charge on any atom is -0.423 e. The van der Waals surface area contributed by atoms with Crippen LogP contribution in [-0.2, 0) is 6.42 Å². The minimum absolute atomic E-state index is 0.573. The zero-order valence-corrected chi connectivity index (χ0v) is 9.13. The zero-order chi connectivity index (χ0) is 10.4. The molecule has 1 aromatic carbocycles. The first-order valence-electron chi connectivity index (χ1n) is 4.76. The van der Waals surface area contributed by atoms with E-state index in [0.29, 0.717) is 5.46 Å². The maximum absolute atomic E-state index is 8.97. The predicted octanol–water partition coefficient (Wildman–Crippen LogP) is -0.767. The van der Waals surface area contributed by atoms with Crippen LogP contribution in [-0.4, -0.2) is 36.4 Å². The van der Waals surface area contributed by atoms with E-state index in [2.05, 4.69) is 7.85 Å². The normalized spacial score (nSPS) is 10.1. The van der Waals surface area contributed by atoms with Crippen molar-refractivity contribution in [3.8, 4) is 0 Å². The largest absolute Gasteiger partial charge is 0.488 e. The van der Waals surface area contributed by atoms with Crippen molar-refractivity contribution in [2.75, 3.05) is 11.4 Å². The molecule has 0 radical (unpaired) electrons. The van der Waals surface area contributed by atoms with Crippen LogP contribution in [0.25, 0.3) is 0 Å². The van der Waals surface area contributed by atoms with Crippen LogP contribution in [0.15, 0.2) is 24.3 Å². The van der Waals surface area contributed by atoms with Gasteiger partial charge in [0.2, 0.25) is 0 Å². The van der Waals surface area contributed by atoms with Gasteiger partial charge in [-0.2, -0.15) is 11.8 Å². The second-order valence-corrected chi connectivity index (χ2v) is 4.46. The summed E-state index contributed by atoms with van der Waals surface area (Å²) < 4.78 is 0. The minimum atomic E-state index is -1.35. The number of hydrogen-bond acceptors (Lipinski definition) is 3. The summed E-state index contributed by atoms with van der Waals surface area (Å²) in [6.45, 7) is 0. The van der Waals surface area contributed by atoms with E-state index in [4.69, 9.17) is 10.0 Å². The Morgan fingerprint density at radius 1 is 1.36 bits per heavy atom. The molecule has 0 aliphatic rings. The first kappa shape index (κ1) is 11.7. The van der Waals surface area contributed by atoms with Crippen molar-refractivity contribution < 1.29 is 10.0 Å². The van der Waals surface area contributed by atoms with Crippen LogP contribution in [0.3, 0.4) is 0 Å². The summed E-state index contributed by atoms with van der Waals surface area (Å²) in [5, 5.41) is 17.9. The van der Waals surface area contributed by atoms with Crippen LogP contribution in [0, 0.1) is 0 Å². The Kier molecular flexibility index (Phi) is 5.15. The molecule has 0 unspecified atom stereocenters. The van der Waals surface area contributed by atoms with Gasteiger partial charge in [0.05, 0.1) is 0 Å². The fourth-order valence-electron chi connectivity index (χ4n) is 1.24. The highest BCUT2D eigenvalue weighted by Gasteiger charge is 2.10. The first-order chi connectivity index (χ1) is 6.74. The second kappa shape index (κ2) is 6.17. The third-order valence-electron chi connectivity index (χ3n) is 1.99. The summed E-state index contributed by atoms with van der Waals surface area (Å²) in [6, 6.07) is 7.45. The fraction of sp³-hybridized carbons (Fsp3) is 0.333. The lowest BCUT2D eigenvalue weighted by Gasteiger charge is -2.03. The van der Waals surface area contributed by atoms with Gasteiger partial charge in [-0.1, -0.05) is 24.3 Å². The first-order valence-corrected chi connectivity index (χ1v) is 5.92. The van der Waals surface area contributed by atoms with E-state index in [9.17, 15) is 0 Å². The molecule has 0 bridgehead atoms. The van der Waals surface area contributed by atoms with Crippen LogP contribution >= 0.6 is 11.8 Å². The van der Waals surface area contributed by atoms with Gasteiger partial charge in [0.1, 0.15) is 7.85 Å². The van der Waals surface area contributed by atoms with Crippen molar-refractivity contribution in [2.24, 2.45) is 0 Å². The summed E-state index contributed by atoms with van der Waals surface area (Å²) in [5.74, 6) is 1.08. The quantitative estimate of drug-likeness (QED) is 0.493. The lowest BCUT2D eigenvalue weighted by molar-refractivity contribution is 0.425. The average Bonchev–Trinajstić information content (AvgIpc) is 2.19. The van der Waals surface area contributed by atoms with E-state index in [1.54, 1.807) is 6.07 Å². The molecule has 1 aromatic rings.